The van der Waals surface area contributed by atoms with Crippen molar-refractivity contribution in [3.63, 3.8) is 0 Å². The minimum Gasteiger partial charge on any atom is -0.387 e. The number of ether oxygens (including phenoxy) is 2. The van der Waals surface area contributed by atoms with E-state index in [9.17, 15) is 49.2 Å². The monoisotopic (exact) mass is 662 g/mol. The van der Waals surface area contributed by atoms with Crippen LogP contribution in [0, 0.1) is 4.77 Å². The van der Waals surface area contributed by atoms with Crippen molar-refractivity contribution in [3.8, 4) is 0 Å². The highest BCUT2D eigenvalue weighted by atomic mass is 32.5. The van der Waals surface area contributed by atoms with E-state index in [1.54, 1.807) is 0 Å². The van der Waals surface area contributed by atoms with E-state index in [4.69, 9.17) is 42.5 Å². The summed E-state index contributed by atoms with van der Waals surface area (Å²) in [5, 5.41) is 41.1. The molecule has 2 aliphatic heterocycles. The SMILES string of the molecule is O=c1ccn(C2O[C@H](COP(=O)(O)OP(O)(=S)OC[C@H]3O[C@@H](n4ccc(=O)[nH]c4=S)[C@H](O)[C@@H]3O)[C@@H](O)[C@H]2O)c(=O)[nH]1. The molecule has 0 aromatic carbocycles. The van der Waals surface area contributed by atoms with E-state index in [0.29, 0.717) is 0 Å². The third kappa shape index (κ3) is 7.42. The average molecular weight is 662 g/mol. The fourth-order valence-electron chi connectivity index (χ4n) is 3.96. The molecule has 2 aliphatic rings. The van der Waals surface area contributed by atoms with Gasteiger partial charge in [-0.25, -0.2) is 13.7 Å². The molecule has 8 N–H and O–H groups in total. The van der Waals surface area contributed by atoms with Crippen molar-refractivity contribution < 1.29 is 57.6 Å². The van der Waals surface area contributed by atoms with Crippen molar-refractivity contribution in [1.29, 1.82) is 0 Å². The Kier molecular flexibility index (Phi) is 9.76. The zero-order chi connectivity index (χ0) is 30.3. The number of hydrogen-bond donors (Lipinski definition) is 8. The van der Waals surface area contributed by atoms with Crippen molar-refractivity contribution in [2.24, 2.45) is 0 Å². The van der Waals surface area contributed by atoms with Gasteiger partial charge in [-0.3, -0.25) is 33.2 Å². The zero-order valence-corrected chi connectivity index (χ0v) is 23.7. The molecule has 0 amide bonds. The van der Waals surface area contributed by atoms with Crippen LogP contribution in [0.4, 0.5) is 0 Å². The molecule has 0 aliphatic carbocycles. The van der Waals surface area contributed by atoms with E-state index in [0.717, 1.165) is 27.5 Å². The summed E-state index contributed by atoms with van der Waals surface area (Å²) in [4.78, 5) is 59.1. The van der Waals surface area contributed by atoms with Gasteiger partial charge >= 0.3 is 20.2 Å². The van der Waals surface area contributed by atoms with Crippen LogP contribution in [-0.2, 0) is 39.2 Å². The lowest BCUT2D eigenvalue weighted by molar-refractivity contribution is -0.0553. The van der Waals surface area contributed by atoms with Crippen LogP contribution < -0.4 is 16.8 Å². The number of aromatic nitrogens is 4. The van der Waals surface area contributed by atoms with E-state index in [1.165, 1.54) is 6.20 Å². The van der Waals surface area contributed by atoms with Crippen molar-refractivity contribution in [3.05, 3.63) is 60.5 Å². The summed E-state index contributed by atoms with van der Waals surface area (Å²) in [6.07, 6.45) is -9.93. The molecule has 3 unspecified atom stereocenters. The second-order valence-corrected chi connectivity index (χ2v) is 13.6. The first kappa shape index (κ1) is 32.1. The molecule has 19 nitrogen and oxygen atoms in total. The smallest absolute Gasteiger partial charge is 0.387 e. The molecule has 2 saturated heterocycles. The number of hydrogen-bond acceptors (Lipinski definition) is 15. The summed E-state index contributed by atoms with van der Waals surface area (Å²) in [6.45, 7) is -6.19. The molecule has 4 heterocycles. The number of phosphoric ester groups is 1. The summed E-state index contributed by atoms with van der Waals surface area (Å²) in [6, 6.07) is 2.06. The maximum atomic E-state index is 12.4. The van der Waals surface area contributed by atoms with Crippen LogP contribution in [0.15, 0.2) is 38.9 Å². The summed E-state index contributed by atoms with van der Waals surface area (Å²) in [5.74, 6) is 0. The standard InChI is InChI=1S/C18H24N4O15P2S2/c23-9-1-3-21(17(29)19-9)15-13(27)11(25)7(35-15)5-33-38(30,31)37-39(32,41)34-6-8-12(26)14(28)16(36-8)22-4-2-10(24)20-18(22)40/h1-4,7-8,11-16,25-28H,5-6H2,(H,30,31)(H,32,41)(H,19,23,29)(H,20,24,40)/t7-,8-,11-,12-,13-,14-,15?,16-,39?/m1/s1. The molecule has 23 heteroatoms. The van der Waals surface area contributed by atoms with E-state index in [1.807, 2.05) is 4.98 Å². The normalized spacial score (nSPS) is 32.9. The van der Waals surface area contributed by atoms with Gasteiger partial charge in [-0.05, 0) is 24.0 Å². The largest absolute Gasteiger partial charge is 0.479 e. The molecule has 0 bridgehead atoms. The van der Waals surface area contributed by atoms with E-state index < -0.39 is 93.6 Å². The predicted molar refractivity (Wildman–Crippen MR) is 138 cm³/mol. The Labute approximate surface area is 238 Å². The van der Waals surface area contributed by atoms with Gasteiger partial charge in [0.15, 0.2) is 17.2 Å². The van der Waals surface area contributed by atoms with Crippen molar-refractivity contribution in [1.82, 2.24) is 19.1 Å². The van der Waals surface area contributed by atoms with Crippen molar-refractivity contribution in [2.75, 3.05) is 13.2 Å². The minimum atomic E-state index is -5.20. The maximum absolute atomic E-state index is 12.4. The Bertz CT molecular complexity index is 1480. The Balaban J connectivity index is 1.33. The van der Waals surface area contributed by atoms with Crippen LogP contribution in [0.25, 0.3) is 0 Å². The molecule has 228 valence electrons. The highest BCUT2D eigenvalue weighted by molar-refractivity contribution is 8.08. The molecule has 0 saturated carbocycles. The molecule has 2 aromatic heterocycles. The maximum Gasteiger partial charge on any atom is 0.479 e. The summed E-state index contributed by atoms with van der Waals surface area (Å²) >= 11 is 9.71. The van der Waals surface area contributed by atoms with Gasteiger partial charge < -0.3 is 44.2 Å². The molecular formula is C18H24N4O15P2S2. The lowest BCUT2D eigenvalue weighted by Crippen LogP contribution is -2.37. The number of phosphoric acid groups is 1. The lowest BCUT2D eigenvalue weighted by atomic mass is 10.1. The number of aliphatic hydroxyl groups excluding tert-OH is 4. The van der Waals surface area contributed by atoms with Crippen LogP contribution >= 0.6 is 26.8 Å². The number of nitrogens with one attached hydrogen (secondary N) is 2. The van der Waals surface area contributed by atoms with Crippen LogP contribution in [0.2, 0.25) is 0 Å². The number of H-pyrrole nitrogens is 2. The number of rotatable bonds is 10. The molecule has 0 spiro atoms. The second kappa shape index (κ2) is 12.4. The Morgan fingerprint density at radius 2 is 1.32 bits per heavy atom. The first-order chi connectivity index (χ1) is 19.1. The number of aliphatic hydroxyl groups is 4. The topological polar surface area (TPSA) is 277 Å². The first-order valence-corrected chi connectivity index (χ1v) is 15.9. The van der Waals surface area contributed by atoms with E-state index in [-0.39, 0.29) is 4.77 Å². The summed E-state index contributed by atoms with van der Waals surface area (Å²) in [5.41, 5.74) is -2.19. The van der Waals surface area contributed by atoms with Gasteiger partial charge in [0.05, 0.1) is 13.2 Å². The predicted octanol–water partition coefficient (Wildman–Crippen LogP) is -2.94. The average Bonchev–Trinajstić information content (AvgIpc) is 3.31. The van der Waals surface area contributed by atoms with Gasteiger partial charge in [0.2, 0.25) is 0 Å². The highest BCUT2D eigenvalue weighted by Crippen LogP contribution is 2.61. The van der Waals surface area contributed by atoms with Crippen LogP contribution in [0.5, 0.6) is 0 Å². The molecule has 4 rings (SSSR count). The van der Waals surface area contributed by atoms with Gasteiger partial charge in [0.1, 0.15) is 36.6 Å². The number of nitrogens with zero attached hydrogens (tertiary/aromatic N) is 2. The molecular weight excluding hydrogens is 638 g/mol. The van der Waals surface area contributed by atoms with Gasteiger partial charge in [0, 0.05) is 24.5 Å². The molecule has 41 heavy (non-hydrogen) atoms. The Hall–Kier alpha value is -1.78. The van der Waals surface area contributed by atoms with Crippen LogP contribution in [0.1, 0.15) is 12.5 Å². The molecule has 2 aromatic rings. The third-order valence-electron chi connectivity index (χ3n) is 5.94. The Morgan fingerprint density at radius 3 is 1.85 bits per heavy atom. The molecule has 0 radical (unpaired) electrons. The fourth-order valence-corrected chi connectivity index (χ4v) is 7.26. The fraction of sp³-hybridized carbons (Fsp3) is 0.556. The van der Waals surface area contributed by atoms with Crippen LogP contribution in [0.3, 0.4) is 0 Å². The van der Waals surface area contributed by atoms with Gasteiger partial charge in [0.25, 0.3) is 11.1 Å². The summed E-state index contributed by atoms with van der Waals surface area (Å²) in [7, 11) is -5.20. The van der Waals surface area contributed by atoms with Crippen LogP contribution in [-0.4, -0.2) is 99.2 Å². The lowest BCUT2D eigenvalue weighted by Gasteiger charge is -2.22. The van der Waals surface area contributed by atoms with E-state index in [2.05, 4.69) is 9.29 Å². The van der Waals surface area contributed by atoms with Gasteiger partial charge in [-0.15, -0.1) is 0 Å². The van der Waals surface area contributed by atoms with Gasteiger partial charge in [-0.2, -0.15) is 0 Å². The third-order valence-corrected chi connectivity index (χ3v) is 9.77. The minimum absolute atomic E-state index is 0.120. The first-order valence-electron chi connectivity index (χ1n) is 11.4. The molecule has 10 atom stereocenters. The van der Waals surface area contributed by atoms with Crippen molar-refractivity contribution in [2.45, 2.75) is 49.1 Å². The zero-order valence-electron chi connectivity index (χ0n) is 20.3. The quantitative estimate of drug-likeness (QED) is 0.0933. The second-order valence-electron chi connectivity index (χ2n) is 8.74. The highest BCUT2D eigenvalue weighted by Gasteiger charge is 2.47. The van der Waals surface area contributed by atoms with E-state index >= 15 is 0 Å². The van der Waals surface area contributed by atoms with Crippen molar-refractivity contribution >= 4 is 38.6 Å². The molecule has 2 fully saturated rings. The number of aromatic amines is 2. The summed E-state index contributed by atoms with van der Waals surface area (Å²) < 4.78 is 39.3. The Morgan fingerprint density at radius 1 is 0.829 bits per heavy atom. The van der Waals surface area contributed by atoms with Gasteiger partial charge in [-0.1, -0.05) is 0 Å².